The van der Waals surface area contributed by atoms with Crippen LogP contribution in [0.1, 0.15) is 28.8 Å². The Morgan fingerprint density at radius 2 is 1.62 bits per heavy atom. The van der Waals surface area contributed by atoms with Crippen molar-refractivity contribution in [3.05, 3.63) is 35.4 Å². The molecule has 29 heavy (non-hydrogen) atoms. The minimum absolute atomic E-state index is 0.00561. The smallest absolute Gasteiger partial charge is 0.253 e. The molecule has 0 aromatic heterocycles. The van der Waals surface area contributed by atoms with Crippen LogP contribution in [0.5, 0.6) is 0 Å². The highest BCUT2D eigenvalue weighted by Gasteiger charge is 2.40. The molecule has 1 aromatic carbocycles. The molecular formula is C22H31N3O4. The first-order valence-electron chi connectivity index (χ1n) is 10.7. The van der Waals surface area contributed by atoms with Gasteiger partial charge in [0.15, 0.2) is 0 Å². The lowest BCUT2D eigenvalue weighted by atomic mass is 9.95. The molecule has 3 fully saturated rings. The van der Waals surface area contributed by atoms with E-state index in [9.17, 15) is 14.7 Å². The van der Waals surface area contributed by atoms with Gasteiger partial charge in [0, 0.05) is 50.7 Å². The molecule has 3 heterocycles. The number of amides is 2. The molecule has 0 spiro atoms. The van der Waals surface area contributed by atoms with Crippen LogP contribution in [0.25, 0.3) is 0 Å². The minimum atomic E-state index is -0.500. The van der Waals surface area contributed by atoms with Crippen LogP contribution in [0.4, 0.5) is 0 Å². The molecule has 2 amide bonds. The van der Waals surface area contributed by atoms with E-state index >= 15 is 0 Å². The number of carbonyl (C=O) groups is 2. The minimum Gasteiger partial charge on any atom is -0.390 e. The molecule has 2 atom stereocenters. The molecule has 1 aromatic rings. The number of aliphatic hydroxyl groups excluding tert-OH is 1. The third kappa shape index (κ3) is 4.47. The Kier molecular flexibility index (Phi) is 6.18. The fourth-order valence-corrected chi connectivity index (χ4v) is 4.68. The molecule has 0 bridgehead atoms. The van der Waals surface area contributed by atoms with Crippen molar-refractivity contribution in [3.63, 3.8) is 0 Å². The van der Waals surface area contributed by atoms with Gasteiger partial charge in [0.2, 0.25) is 5.91 Å². The number of β-amino-alcohol motifs (C(OH)–C–C–N with tert-alkyl or cyclic N) is 1. The van der Waals surface area contributed by atoms with E-state index in [4.69, 9.17) is 4.74 Å². The monoisotopic (exact) mass is 401 g/mol. The molecule has 3 aliphatic rings. The van der Waals surface area contributed by atoms with Crippen LogP contribution < -0.4 is 0 Å². The summed E-state index contributed by atoms with van der Waals surface area (Å²) in [5.41, 5.74) is 1.84. The summed E-state index contributed by atoms with van der Waals surface area (Å²) in [4.78, 5) is 31.6. The third-order valence-electron chi connectivity index (χ3n) is 6.52. The highest BCUT2D eigenvalue weighted by molar-refractivity contribution is 5.94. The van der Waals surface area contributed by atoms with Crippen molar-refractivity contribution in [3.8, 4) is 0 Å². The predicted octanol–water partition coefficient (Wildman–Crippen LogP) is 0.751. The molecule has 7 nitrogen and oxygen atoms in total. The van der Waals surface area contributed by atoms with Gasteiger partial charge >= 0.3 is 0 Å². The summed E-state index contributed by atoms with van der Waals surface area (Å²) in [5.74, 6) is 0.106. The zero-order chi connectivity index (χ0) is 20.4. The van der Waals surface area contributed by atoms with E-state index in [1.807, 2.05) is 41.0 Å². The SMILES string of the molecule is Cc1ccc(C(=O)N2CCC(C(=O)N3C[C@H](O)[C@@H](N4CCOCC4)C3)CC2)cc1. The van der Waals surface area contributed by atoms with Crippen molar-refractivity contribution in [1.82, 2.24) is 14.7 Å². The van der Waals surface area contributed by atoms with Gasteiger partial charge < -0.3 is 19.6 Å². The largest absolute Gasteiger partial charge is 0.390 e. The molecule has 0 aliphatic carbocycles. The molecule has 0 unspecified atom stereocenters. The van der Waals surface area contributed by atoms with Gasteiger partial charge in [-0.3, -0.25) is 14.5 Å². The van der Waals surface area contributed by atoms with Gasteiger partial charge in [-0.15, -0.1) is 0 Å². The topological polar surface area (TPSA) is 73.3 Å². The van der Waals surface area contributed by atoms with Crippen LogP contribution in [-0.4, -0.2) is 96.2 Å². The lowest BCUT2D eigenvalue weighted by Gasteiger charge is -2.34. The summed E-state index contributed by atoms with van der Waals surface area (Å²) < 4.78 is 5.40. The van der Waals surface area contributed by atoms with Gasteiger partial charge in [0.05, 0.1) is 25.4 Å². The molecule has 1 N–H and O–H groups in total. The van der Waals surface area contributed by atoms with E-state index in [2.05, 4.69) is 4.90 Å². The molecule has 3 aliphatic heterocycles. The van der Waals surface area contributed by atoms with E-state index in [0.29, 0.717) is 57.8 Å². The van der Waals surface area contributed by atoms with Gasteiger partial charge in [-0.1, -0.05) is 17.7 Å². The van der Waals surface area contributed by atoms with Crippen LogP contribution >= 0.6 is 0 Å². The molecule has 7 heteroatoms. The number of piperidine rings is 1. The Hall–Kier alpha value is -1.96. The second-order valence-electron chi connectivity index (χ2n) is 8.46. The van der Waals surface area contributed by atoms with E-state index < -0.39 is 6.10 Å². The Bertz CT molecular complexity index is 724. The van der Waals surface area contributed by atoms with Gasteiger partial charge in [-0.05, 0) is 31.9 Å². The number of benzene rings is 1. The van der Waals surface area contributed by atoms with E-state index in [-0.39, 0.29) is 23.8 Å². The Morgan fingerprint density at radius 1 is 0.966 bits per heavy atom. The second kappa shape index (κ2) is 8.81. The van der Waals surface area contributed by atoms with Crippen molar-refractivity contribution in [2.45, 2.75) is 31.9 Å². The van der Waals surface area contributed by atoms with Gasteiger partial charge in [0.25, 0.3) is 5.91 Å². The number of aliphatic hydroxyl groups is 1. The number of nitrogens with zero attached hydrogens (tertiary/aromatic N) is 3. The van der Waals surface area contributed by atoms with Crippen molar-refractivity contribution in [1.29, 1.82) is 0 Å². The van der Waals surface area contributed by atoms with Gasteiger partial charge in [-0.2, -0.15) is 0 Å². The van der Waals surface area contributed by atoms with E-state index in [1.165, 1.54) is 0 Å². The van der Waals surface area contributed by atoms with Crippen LogP contribution in [0.15, 0.2) is 24.3 Å². The Balaban J connectivity index is 1.30. The highest BCUT2D eigenvalue weighted by atomic mass is 16.5. The first-order valence-corrected chi connectivity index (χ1v) is 10.7. The number of carbonyl (C=O) groups excluding carboxylic acids is 2. The lowest BCUT2D eigenvalue weighted by Crippen LogP contribution is -2.49. The highest BCUT2D eigenvalue weighted by Crippen LogP contribution is 2.25. The average molecular weight is 402 g/mol. The van der Waals surface area contributed by atoms with Crippen LogP contribution in [0, 0.1) is 12.8 Å². The van der Waals surface area contributed by atoms with Crippen LogP contribution in [-0.2, 0) is 9.53 Å². The lowest BCUT2D eigenvalue weighted by molar-refractivity contribution is -0.136. The zero-order valence-electron chi connectivity index (χ0n) is 17.1. The van der Waals surface area contributed by atoms with Gasteiger partial charge in [-0.25, -0.2) is 0 Å². The first kappa shape index (κ1) is 20.3. The summed E-state index contributed by atoms with van der Waals surface area (Å²) in [5, 5.41) is 10.5. The third-order valence-corrected chi connectivity index (χ3v) is 6.52. The molecule has 4 rings (SSSR count). The number of hydrogen-bond acceptors (Lipinski definition) is 5. The normalized spacial score (nSPS) is 26.7. The molecular weight excluding hydrogens is 370 g/mol. The fraction of sp³-hybridized carbons (Fsp3) is 0.636. The summed E-state index contributed by atoms with van der Waals surface area (Å²) in [6, 6.07) is 7.64. The van der Waals surface area contributed by atoms with Crippen molar-refractivity contribution in [2.24, 2.45) is 5.92 Å². The quantitative estimate of drug-likeness (QED) is 0.809. The number of morpholine rings is 1. The molecule has 0 saturated carbocycles. The number of hydrogen-bond donors (Lipinski definition) is 1. The molecule has 3 saturated heterocycles. The predicted molar refractivity (Wildman–Crippen MR) is 109 cm³/mol. The number of aryl methyl sites for hydroxylation is 1. The summed E-state index contributed by atoms with van der Waals surface area (Å²) in [6.45, 7) is 7.19. The van der Waals surface area contributed by atoms with E-state index in [1.54, 1.807) is 0 Å². The van der Waals surface area contributed by atoms with Crippen molar-refractivity contribution >= 4 is 11.8 Å². The number of ether oxygens (including phenoxy) is 1. The molecule has 0 radical (unpaired) electrons. The number of rotatable bonds is 3. The fourth-order valence-electron chi connectivity index (χ4n) is 4.68. The standard InChI is InChI=1S/C22H31N3O4/c1-16-2-4-17(5-3-16)21(27)24-8-6-18(7-9-24)22(28)25-14-19(20(26)15-25)23-10-12-29-13-11-23/h2-5,18-20,26H,6-15H2,1H3/t19-,20-/m0/s1. The summed E-state index contributed by atoms with van der Waals surface area (Å²) in [7, 11) is 0. The maximum Gasteiger partial charge on any atom is 0.253 e. The van der Waals surface area contributed by atoms with Gasteiger partial charge in [0.1, 0.15) is 0 Å². The second-order valence-corrected chi connectivity index (χ2v) is 8.46. The zero-order valence-corrected chi connectivity index (χ0v) is 17.1. The van der Waals surface area contributed by atoms with Crippen LogP contribution in [0.2, 0.25) is 0 Å². The Labute approximate surface area is 172 Å². The summed E-state index contributed by atoms with van der Waals surface area (Å²) in [6.07, 6.45) is 0.872. The number of likely N-dealkylation sites (tertiary alicyclic amines) is 2. The maximum atomic E-state index is 13.0. The molecule has 158 valence electrons. The van der Waals surface area contributed by atoms with Crippen LogP contribution in [0.3, 0.4) is 0 Å². The van der Waals surface area contributed by atoms with Crippen molar-refractivity contribution < 1.29 is 19.4 Å². The van der Waals surface area contributed by atoms with E-state index in [0.717, 1.165) is 18.7 Å². The average Bonchev–Trinajstić information content (AvgIpc) is 3.15. The van der Waals surface area contributed by atoms with Crippen molar-refractivity contribution in [2.75, 3.05) is 52.5 Å². The Morgan fingerprint density at radius 3 is 2.28 bits per heavy atom. The summed E-state index contributed by atoms with van der Waals surface area (Å²) >= 11 is 0. The maximum absolute atomic E-state index is 13.0. The first-order chi connectivity index (χ1) is 14.0.